The summed E-state index contributed by atoms with van der Waals surface area (Å²) in [6.45, 7) is 0.818. The van der Waals surface area contributed by atoms with E-state index in [1.807, 2.05) is 6.07 Å². The van der Waals surface area contributed by atoms with Crippen LogP contribution in [0.3, 0.4) is 0 Å². The molecule has 2 heterocycles. The normalized spacial score (nSPS) is 14.6. The lowest BCUT2D eigenvalue weighted by molar-refractivity contribution is -0.137. The molecule has 5 rings (SSSR count). The maximum Gasteiger partial charge on any atom is 0.418 e. The number of nitrogens with one attached hydrogen (secondary N) is 1. The Kier molecular flexibility index (Phi) is 9.04. The molecular weight excluding hydrogens is 613 g/mol. The molecule has 12 heteroatoms. The van der Waals surface area contributed by atoms with Crippen molar-refractivity contribution in [1.82, 2.24) is 9.47 Å². The number of amides is 2. The number of thiazole rings is 1. The first kappa shape index (κ1) is 30.8. The van der Waals surface area contributed by atoms with Crippen molar-refractivity contribution >= 4 is 52.1 Å². The van der Waals surface area contributed by atoms with Gasteiger partial charge in [0, 0.05) is 29.4 Å². The monoisotopic (exact) mass is 636 g/mol. The summed E-state index contributed by atoms with van der Waals surface area (Å²) in [5, 5.41) is 13.3. The molecule has 3 aromatic carbocycles. The average Bonchev–Trinajstić information content (AvgIpc) is 3.32. The lowest BCUT2D eigenvalue weighted by Crippen LogP contribution is -2.39. The molecule has 1 fully saturated rings. The number of alkyl halides is 3. The molecule has 224 valence electrons. The minimum Gasteiger partial charge on any atom is -0.338 e. The molecule has 0 radical (unpaired) electrons. The summed E-state index contributed by atoms with van der Waals surface area (Å²) in [7, 11) is 0. The van der Waals surface area contributed by atoms with Crippen LogP contribution in [0.25, 0.3) is 17.3 Å². The number of benzene rings is 3. The highest BCUT2D eigenvalue weighted by Gasteiger charge is 2.35. The number of halogens is 4. The fraction of sp³-hybridized carbons (Fsp3) is 0.188. The Morgan fingerprint density at radius 2 is 1.68 bits per heavy atom. The molecule has 1 N–H and O–H groups in total. The maximum atomic E-state index is 14.1. The van der Waals surface area contributed by atoms with E-state index < -0.39 is 40.4 Å². The van der Waals surface area contributed by atoms with E-state index in [1.54, 1.807) is 48.5 Å². The molecule has 4 aromatic rings. The lowest BCUT2D eigenvalue weighted by atomic mass is 10.1. The molecule has 1 aliphatic rings. The number of carbonyl (C=O) groups excluding carboxylic acids is 2. The number of hydrogen-bond donors (Lipinski definition) is 1. The van der Waals surface area contributed by atoms with Crippen LogP contribution >= 0.6 is 22.9 Å². The molecule has 0 spiro atoms. The van der Waals surface area contributed by atoms with Crippen LogP contribution in [0.5, 0.6) is 0 Å². The Bertz CT molecular complexity index is 1950. The number of rotatable bonds is 5. The minimum atomic E-state index is -4.81. The van der Waals surface area contributed by atoms with Crippen LogP contribution in [0, 0.1) is 11.3 Å². The molecule has 0 atom stereocenters. The number of aromatic nitrogens is 1. The third-order valence-corrected chi connectivity index (χ3v) is 8.35. The van der Waals surface area contributed by atoms with Crippen LogP contribution in [-0.2, 0) is 11.0 Å². The van der Waals surface area contributed by atoms with Gasteiger partial charge in [0.1, 0.15) is 10.7 Å². The topological polar surface area (TPSA) is 95.2 Å². The van der Waals surface area contributed by atoms with Crippen molar-refractivity contribution in [3.63, 3.8) is 0 Å². The third-order valence-electron chi connectivity index (χ3n) is 7.01. The zero-order chi connectivity index (χ0) is 31.4. The molecule has 1 aliphatic heterocycles. The second kappa shape index (κ2) is 12.9. The molecule has 2 amide bonds. The number of piperidine rings is 1. The van der Waals surface area contributed by atoms with Crippen molar-refractivity contribution in [2.75, 3.05) is 18.4 Å². The molecule has 0 bridgehead atoms. The van der Waals surface area contributed by atoms with Gasteiger partial charge in [-0.3, -0.25) is 19.0 Å². The molecule has 1 aromatic heterocycles. The summed E-state index contributed by atoms with van der Waals surface area (Å²) in [5.74, 6) is -1.03. The van der Waals surface area contributed by atoms with E-state index in [1.165, 1.54) is 23.1 Å². The summed E-state index contributed by atoms with van der Waals surface area (Å²) < 4.78 is 42.8. The van der Waals surface area contributed by atoms with Gasteiger partial charge in [0.15, 0.2) is 5.57 Å². The van der Waals surface area contributed by atoms with E-state index in [4.69, 9.17) is 11.6 Å². The number of carbonyl (C=O) groups is 2. The Morgan fingerprint density at radius 3 is 2.36 bits per heavy atom. The number of likely N-dealkylation sites (tertiary alicyclic amines) is 1. The van der Waals surface area contributed by atoms with Crippen LogP contribution in [-0.4, -0.2) is 34.4 Å². The quantitative estimate of drug-likeness (QED) is 0.320. The van der Waals surface area contributed by atoms with Gasteiger partial charge in [-0.2, -0.15) is 18.4 Å². The zero-order valence-electron chi connectivity index (χ0n) is 23.0. The summed E-state index contributed by atoms with van der Waals surface area (Å²) in [6.07, 6.45) is -0.960. The smallest absolute Gasteiger partial charge is 0.338 e. The molecule has 44 heavy (non-hydrogen) atoms. The molecule has 0 saturated carbocycles. The van der Waals surface area contributed by atoms with Crippen molar-refractivity contribution in [3.8, 4) is 11.8 Å². The van der Waals surface area contributed by atoms with Gasteiger partial charge in [-0.1, -0.05) is 35.9 Å². The number of anilines is 1. The maximum absolute atomic E-state index is 14.1. The number of nitrogens with zero attached hydrogens (tertiary/aromatic N) is 3. The van der Waals surface area contributed by atoms with Crippen LogP contribution in [0.15, 0.2) is 77.6 Å². The highest BCUT2D eigenvalue weighted by molar-refractivity contribution is 7.07. The van der Waals surface area contributed by atoms with Crippen molar-refractivity contribution < 1.29 is 22.8 Å². The molecule has 1 saturated heterocycles. The SMILES string of the molecule is N#CC(C(=O)N1CCCCC1)=c1sc(=Cc2cccc(NC(=O)c3ccc(Cl)cc3)c2)c(=O)n1-c1ccccc1C(F)(F)F. The van der Waals surface area contributed by atoms with Gasteiger partial charge in [-0.25, -0.2) is 0 Å². The number of hydrogen-bond acceptors (Lipinski definition) is 5. The summed E-state index contributed by atoms with van der Waals surface area (Å²) in [6, 6.07) is 19.2. The van der Waals surface area contributed by atoms with Gasteiger partial charge in [0.25, 0.3) is 17.4 Å². The van der Waals surface area contributed by atoms with Gasteiger partial charge >= 0.3 is 6.18 Å². The van der Waals surface area contributed by atoms with Gasteiger partial charge in [0.05, 0.1) is 15.8 Å². The second-order valence-corrected chi connectivity index (χ2v) is 11.5. The van der Waals surface area contributed by atoms with Crippen LogP contribution in [0.1, 0.15) is 40.7 Å². The largest absolute Gasteiger partial charge is 0.418 e. The third kappa shape index (κ3) is 6.61. The summed E-state index contributed by atoms with van der Waals surface area (Å²) >= 11 is 6.66. The zero-order valence-corrected chi connectivity index (χ0v) is 24.6. The molecule has 0 unspecified atom stereocenters. The van der Waals surface area contributed by atoms with Crippen molar-refractivity contribution in [3.05, 3.63) is 114 Å². The first-order valence-electron chi connectivity index (χ1n) is 13.6. The van der Waals surface area contributed by atoms with Crippen molar-refractivity contribution in [1.29, 1.82) is 5.26 Å². The predicted molar refractivity (Wildman–Crippen MR) is 163 cm³/mol. The standard InChI is InChI=1S/C32H24ClF3N4O3S/c33-22-13-11-21(12-14-22)28(41)38-23-8-6-7-20(17-23)18-27-30(43)40(26-10-3-2-9-25(26)32(34,35)36)31(44-27)24(19-37)29(42)39-15-4-1-5-16-39/h2-3,6-14,17-18H,1,4-5,15-16H2,(H,38,41). The van der Waals surface area contributed by atoms with Crippen molar-refractivity contribution in [2.45, 2.75) is 25.4 Å². The van der Waals surface area contributed by atoms with E-state index >= 15 is 0 Å². The second-order valence-electron chi connectivity index (χ2n) is 10.00. The fourth-order valence-electron chi connectivity index (χ4n) is 4.88. The van der Waals surface area contributed by atoms with E-state index in [0.717, 1.165) is 47.3 Å². The van der Waals surface area contributed by atoms with Crippen LogP contribution < -0.4 is 20.1 Å². The summed E-state index contributed by atoms with van der Waals surface area (Å²) in [5.41, 5.74) is -1.56. The van der Waals surface area contributed by atoms with Gasteiger partial charge in [-0.05, 0) is 79.4 Å². The Labute approximate surface area is 258 Å². The fourth-order valence-corrected chi connectivity index (χ4v) is 6.10. The number of para-hydroxylation sites is 1. The van der Waals surface area contributed by atoms with Crippen LogP contribution in [0.4, 0.5) is 18.9 Å². The average molecular weight is 637 g/mol. The first-order chi connectivity index (χ1) is 21.1. The first-order valence-corrected chi connectivity index (χ1v) is 14.8. The Hall–Kier alpha value is -4.66. The highest BCUT2D eigenvalue weighted by atomic mass is 35.5. The van der Waals surface area contributed by atoms with E-state index in [2.05, 4.69) is 5.32 Å². The minimum absolute atomic E-state index is 0.00245. The van der Waals surface area contributed by atoms with E-state index in [9.17, 15) is 32.8 Å². The van der Waals surface area contributed by atoms with Crippen molar-refractivity contribution in [2.24, 2.45) is 0 Å². The molecular formula is C32H24ClF3N4O3S. The lowest BCUT2D eigenvalue weighted by Gasteiger charge is -2.26. The van der Waals surface area contributed by atoms with Crippen LogP contribution in [0.2, 0.25) is 5.02 Å². The van der Waals surface area contributed by atoms with E-state index in [0.29, 0.717) is 34.9 Å². The Morgan fingerprint density at radius 1 is 0.977 bits per heavy atom. The van der Waals surface area contributed by atoms with Gasteiger partial charge in [-0.15, -0.1) is 11.3 Å². The Balaban J connectivity index is 1.66. The molecule has 0 aliphatic carbocycles. The highest BCUT2D eigenvalue weighted by Crippen LogP contribution is 2.33. The van der Waals surface area contributed by atoms with E-state index in [-0.39, 0.29) is 9.20 Å². The molecule has 7 nitrogen and oxygen atoms in total. The number of nitriles is 1. The van der Waals surface area contributed by atoms with Gasteiger partial charge in [0.2, 0.25) is 0 Å². The van der Waals surface area contributed by atoms with Gasteiger partial charge < -0.3 is 10.2 Å². The predicted octanol–water partition coefficient (Wildman–Crippen LogP) is 5.34. The summed E-state index contributed by atoms with van der Waals surface area (Å²) in [4.78, 5) is 41.4.